The fraction of sp³-hybridized carbons (Fsp3) is 0.222. The lowest BCUT2D eigenvalue weighted by atomic mass is 10.2. The molecule has 0 heterocycles. The van der Waals surface area contributed by atoms with Gasteiger partial charge in [-0.15, -0.1) is 0 Å². The van der Waals surface area contributed by atoms with Crippen LogP contribution in [0.5, 0.6) is 11.5 Å². The van der Waals surface area contributed by atoms with Crippen LogP contribution in [0.15, 0.2) is 53.7 Å². The minimum Gasteiger partial charge on any atom is -0.492 e. The Kier molecular flexibility index (Phi) is 7.35. The number of halogens is 2. The molecular weight excluding hydrogens is 346 g/mol. The lowest BCUT2D eigenvalue weighted by molar-refractivity contribution is -0.120. The summed E-state index contributed by atoms with van der Waals surface area (Å²) in [5.41, 5.74) is 0.817. The average molecular weight is 364 g/mol. The topological polar surface area (TPSA) is 69.2 Å². The van der Waals surface area contributed by atoms with E-state index in [2.05, 4.69) is 15.2 Å². The van der Waals surface area contributed by atoms with Crippen LogP contribution in [-0.4, -0.2) is 31.9 Å². The van der Waals surface area contributed by atoms with Crippen LogP contribution >= 0.6 is 0 Å². The van der Waals surface area contributed by atoms with Gasteiger partial charge in [0.2, 0.25) is 0 Å². The molecule has 0 aliphatic carbocycles. The van der Waals surface area contributed by atoms with Crippen LogP contribution in [0.25, 0.3) is 0 Å². The van der Waals surface area contributed by atoms with Gasteiger partial charge in [-0.3, -0.25) is 4.79 Å². The normalized spacial score (nSPS) is 10.8. The fourth-order valence-corrected chi connectivity index (χ4v) is 2.02. The van der Waals surface area contributed by atoms with Crippen molar-refractivity contribution >= 4 is 17.8 Å². The molecule has 0 saturated carbocycles. The SMILES string of the molecule is CCOc1ccccc1NC(=O)CO/N=C\c1ccccc1OC(F)F. The molecule has 0 aromatic heterocycles. The minimum absolute atomic E-state index is 0.0371. The maximum Gasteiger partial charge on any atom is 0.387 e. The summed E-state index contributed by atoms with van der Waals surface area (Å²) in [5.74, 6) is 0.0706. The van der Waals surface area contributed by atoms with E-state index in [9.17, 15) is 13.6 Å². The zero-order valence-electron chi connectivity index (χ0n) is 14.0. The Balaban J connectivity index is 1.88. The number of rotatable bonds is 9. The molecule has 1 amide bonds. The molecule has 2 aromatic carbocycles. The lowest BCUT2D eigenvalue weighted by Gasteiger charge is -2.10. The van der Waals surface area contributed by atoms with Crippen molar-refractivity contribution in [2.24, 2.45) is 5.16 Å². The van der Waals surface area contributed by atoms with Gasteiger partial charge in [-0.25, -0.2) is 0 Å². The second-order valence-corrected chi connectivity index (χ2v) is 4.90. The highest BCUT2D eigenvalue weighted by atomic mass is 19.3. The molecule has 8 heteroatoms. The van der Waals surface area contributed by atoms with Crippen LogP contribution in [0, 0.1) is 0 Å². The highest BCUT2D eigenvalue weighted by Gasteiger charge is 2.09. The summed E-state index contributed by atoms with van der Waals surface area (Å²) in [7, 11) is 0. The van der Waals surface area contributed by atoms with Gasteiger partial charge in [0.25, 0.3) is 5.91 Å². The van der Waals surface area contributed by atoms with Gasteiger partial charge >= 0.3 is 6.61 Å². The number of carbonyl (C=O) groups is 1. The average Bonchev–Trinajstić information content (AvgIpc) is 2.61. The molecule has 2 rings (SSSR count). The number of nitrogens with one attached hydrogen (secondary N) is 1. The third-order valence-corrected chi connectivity index (χ3v) is 3.06. The predicted octanol–water partition coefficient (Wildman–Crippen LogP) is 3.68. The van der Waals surface area contributed by atoms with Crippen molar-refractivity contribution in [1.29, 1.82) is 0 Å². The first-order valence-electron chi connectivity index (χ1n) is 7.81. The number of nitrogens with zero attached hydrogens (tertiary/aromatic N) is 1. The van der Waals surface area contributed by atoms with Gasteiger partial charge in [0.15, 0.2) is 6.61 Å². The van der Waals surface area contributed by atoms with Gasteiger partial charge in [0, 0.05) is 5.56 Å². The summed E-state index contributed by atoms with van der Waals surface area (Å²) < 4.78 is 34.4. The molecule has 0 aliphatic heterocycles. The van der Waals surface area contributed by atoms with E-state index in [1.165, 1.54) is 18.3 Å². The monoisotopic (exact) mass is 364 g/mol. The number of hydrogen-bond donors (Lipinski definition) is 1. The molecule has 0 unspecified atom stereocenters. The molecule has 138 valence electrons. The highest BCUT2D eigenvalue weighted by molar-refractivity contribution is 5.93. The van der Waals surface area contributed by atoms with Crippen molar-refractivity contribution < 1.29 is 27.9 Å². The fourth-order valence-electron chi connectivity index (χ4n) is 2.02. The number of benzene rings is 2. The Hall–Kier alpha value is -3.16. The molecule has 0 saturated heterocycles. The maximum absolute atomic E-state index is 12.3. The van der Waals surface area contributed by atoms with Gasteiger partial charge < -0.3 is 19.6 Å². The largest absolute Gasteiger partial charge is 0.492 e. The third-order valence-electron chi connectivity index (χ3n) is 3.06. The van der Waals surface area contributed by atoms with Crippen molar-refractivity contribution in [3.63, 3.8) is 0 Å². The minimum atomic E-state index is -2.94. The van der Waals surface area contributed by atoms with Crippen molar-refractivity contribution in [2.75, 3.05) is 18.5 Å². The maximum atomic E-state index is 12.3. The van der Waals surface area contributed by atoms with Gasteiger partial charge in [-0.1, -0.05) is 29.4 Å². The molecule has 6 nitrogen and oxygen atoms in total. The molecule has 0 atom stereocenters. The first kappa shape index (κ1) is 19.2. The number of anilines is 1. The van der Waals surface area contributed by atoms with E-state index in [0.717, 1.165) is 0 Å². The van der Waals surface area contributed by atoms with Crippen LogP contribution < -0.4 is 14.8 Å². The number of para-hydroxylation sites is 3. The molecule has 1 N–H and O–H groups in total. The standard InChI is InChI=1S/C18H18F2N2O4/c1-2-24-16-10-6-4-8-14(16)22-17(23)12-25-21-11-13-7-3-5-9-15(13)26-18(19)20/h3-11,18H,2,12H2,1H3,(H,22,23)/b21-11-. The Bertz CT molecular complexity index is 753. The van der Waals surface area contributed by atoms with E-state index in [4.69, 9.17) is 9.57 Å². The number of alkyl halides is 2. The first-order valence-corrected chi connectivity index (χ1v) is 7.81. The lowest BCUT2D eigenvalue weighted by Crippen LogP contribution is -2.17. The zero-order chi connectivity index (χ0) is 18.8. The van der Waals surface area contributed by atoms with Crippen LogP contribution in [0.3, 0.4) is 0 Å². The molecule has 26 heavy (non-hydrogen) atoms. The third kappa shape index (κ3) is 6.04. The number of amides is 1. The predicted molar refractivity (Wildman–Crippen MR) is 92.9 cm³/mol. The van der Waals surface area contributed by atoms with E-state index in [1.54, 1.807) is 36.4 Å². The molecule has 0 radical (unpaired) electrons. The number of carbonyl (C=O) groups excluding carboxylic acids is 1. The van der Waals surface area contributed by atoms with Crippen LogP contribution in [0.4, 0.5) is 14.5 Å². The summed E-state index contributed by atoms with van der Waals surface area (Å²) in [6.45, 7) is -0.990. The Morgan fingerprint density at radius 3 is 2.58 bits per heavy atom. The van der Waals surface area contributed by atoms with Gasteiger partial charge in [-0.05, 0) is 31.2 Å². The van der Waals surface area contributed by atoms with Crippen molar-refractivity contribution in [2.45, 2.75) is 13.5 Å². The second kappa shape index (κ2) is 9.97. The summed E-state index contributed by atoms with van der Waals surface area (Å²) in [4.78, 5) is 16.8. The smallest absolute Gasteiger partial charge is 0.387 e. The first-order chi connectivity index (χ1) is 12.6. The van der Waals surface area contributed by atoms with Crippen molar-refractivity contribution in [3.8, 4) is 11.5 Å². The molecule has 0 fully saturated rings. The summed E-state index contributed by atoms with van der Waals surface area (Å²) >= 11 is 0. The van der Waals surface area contributed by atoms with Gasteiger partial charge in [0.05, 0.1) is 18.5 Å². The quantitative estimate of drug-likeness (QED) is 0.544. The van der Waals surface area contributed by atoms with Crippen molar-refractivity contribution in [3.05, 3.63) is 54.1 Å². The molecule has 0 bridgehead atoms. The summed E-state index contributed by atoms with van der Waals surface area (Å²) in [5, 5.41) is 6.25. The molecule has 2 aromatic rings. The number of oxime groups is 1. The number of ether oxygens (including phenoxy) is 2. The van der Waals surface area contributed by atoms with Crippen LogP contribution in [0.2, 0.25) is 0 Å². The molecular formula is C18H18F2N2O4. The number of hydrogen-bond acceptors (Lipinski definition) is 5. The zero-order valence-corrected chi connectivity index (χ0v) is 14.0. The summed E-state index contributed by atoms with van der Waals surface area (Å²) in [6.07, 6.45) is 1.19. The molecule has 0 aliphatic rings. The Labute approximate surface area is 149 Å². The van der Waals surface area contributed by atoms with Crippen LogP contribution in [-0.2, 0) is 9.63 Å². The van der Waals surface area contributed by atoms with E-state index < -0.39 is 12.5 Å². The van der Waals surface area contributed by atoms with E-state index in [0.29, 0.717) is 23.6 Å². The molecule has 0 spiro atoms. The van der Waals surface area contributed by atoms with E-state index in [-0.39, 0.29) is 12.4 Å². The Morgan fingerprint density at radius 1 is 1.15 bits per heavy atom. The van der Waals surface area contributed by atoms with Crippen LogP contribution in [0.1, 0.15) is 12.5 Å². The van der Waals surface area contributed by atoms with Gasteiger partial charge in [0.1, 0.15) is 11.5 Å². The van der Waals surface area contributed by atoms with Gasteiger partial charge in [-0.2, -0.15) is 8.78 Å². The second-order valence-electron chi connectivity index (χ2n) is 4.90. The Morgan fingerprint density at radius 2 is 1.85 bits per heavy atom. The van der Waals surface area contributed by atoms with E-state index >= 15 is 0 Å². The van der Waals surface area contributed by atoms with Crippen molar-refractivity contribution in [1.82, 2.24) is 0 Å². The van der Waals surface area contributed by atoms with E-state index in [1.807, 2.05) is 6.92 Å². The summed E-state index contributed by atoms with van der Waals surface area (Å²) in [6, 6.07) is 13.1. The highest BCUT2D eigenvalue weighted by Crippen LogP contribution is 2.23.